The van der Waals surface area contributed by atoms with Crippen molar-refractivity contribution < 1.29 is 18.0 Å². The summed E-state index contributed by atoms with van der Waals surface area (Å²) < 4.78 is 35.9. The molecule has 1 heterocycles. The fraction of sp³-hybridized carbons (Fsp3) is 0.900. The summed E-state index contributed by atoms with van der Waals surface area (Å²) in [6.45, 7) is 2.56. The molecule has 0 radical (unpaired) electrons. The van der Waals surface area contributed by atoms with Gasteiger partial charge in [0.15, 0.2) is 5.78 Å². The molecule has 1 atom stereocenters. The Kier molecular flexibility index (Phi) is 3.76. The molecule has 0 spiro atoms. The molecule has 0 aromatic heterocycles. The molecular formula is C10H16F3NO. The SMILES string of the molecule is CCC1(C(=O)CCC(F)(F)F)CCCN1. The second-order valence-electron chi connectivity index (χ2n) is 4.00. The lowest BCUT2D eigenvalue weighted by atomic mass is 9.87. The smallest absolute Gasteiger partial charge is 0.305 e. The van der Waals surface area contributed by atoms with Crippen molar-refractivity contribution in [1.82, 2.24) is 5.32 Å². The maximum Gasteiger partial charge on any atom is 0.389 e. The Labute approximate surface area is 87.2 Å². The lowest BCUT2D eigenvalue weighted by Crippen LogP contribution is -2.47. The summed E-state index contributed by atoms with van der Waals surface area (Å²) in [4.78, 5) is 11.7. The minimum Gasteiger partial charge on any atom is -0.305 e. The van der Waals surface area contributed by atoms with Crippen LogP contribution in [0.15, 0.2) is 0 Å². The summed E-state index contributed by atoms with van der Waals surface area (Å²) in [6, 6.07) is 0. The maximum atomic E-state index is 12.0. The van der Waals surface area contributed by atoms with Crippen LogP contribution in [0.2, 0.25) is 0 Å². The van der Waals surface area contributed by atoms with Crippen molar-refractivity contribution in [2.75, 3.05) is 6.54 Å². The second kappa shape index (κ2) is 4.51. The molecule has 5 heteroatoms. The molecule has 15 heavy (non-hydrogen) atoms. The van der Waals surface area contributed by atoms with Crippen LogP contribution in [0, 0.1) is 0 Å². The van der Waals surface area contributed by atoms with Crippen LogP contribution in [0.5, 0.6) is 0 Å². The van der Waals surface area contributed by atoms with E-state index in [2.05, 4.69) is 5.32 Å². The van der Waals surface area contributed by atoms with Crippen LogP contribution in [0.3, 0.4) is 0 Å². The number of carbonyl (C=O) groups excluding carboxylic acids is 1. The van der Waals surface area contributed by atoms with Crippen LogP contribution in [-0.4, -0.2) is 24.0 Å². The number of halogens is 3. The first-order valence-electron chi connectivity index (χ1n) is 5.25. The summed E-state index contributed by atoms with van der Waals surface area (Å²) in [5, 5.41) is 3.04. The Bertz CT molecular complexity index is 231. The van der Waals surface area contributed by atoms with Crippen LogP contribution in [0.1, 0.15) is 39.0 Å². The van der Waals surface area contributed by atoms with E-state index in [0.717, 1.165) is 13.0 Å². The lowest BCUT2D eigenvalue weighted by molar-refractivity contribution is -0.145. The summed E-state index contributed by atoms with van der Waals surface area (Å²) in [5.74, 6) is -0.292. The van der Waals surface area contributed by atoms with Crippen LogP contribution >= 0.6 is 0 Å². The molecule has 2 nitrogen and oxygen atoms in total. The molecular weight excluding hydrogens is 207 g/mol. The van der Waals surface area contributed by atoms with Crippen molar-refractivity contribution in [3.63, 3.8) is 0 Å². The van der Waals surface area contributed by atoms with Crippen molar-refractivity contribution in [2.24, 2.45) is 0 Å². The first-order chi connectivity index (χ1) is 6.90. The molecule has 0 aliphatic carbocycles. The maximum absolute atomic E-state index is 12.0. The number of Topliss-reactive ketones (excluding diaryl/α,β-unsaturated/α-hetero) is 1. The van der Waals surface area contributed by atoms with E-state index in [0.29, 0.717) is 12.8 Å². The van der Waals surface area contributed by atoms with E-state index < -0.39 is 24.6 Å². The van der Waals surface area contributed by atoms with Gasteiger partial charge in [0.25, 0.3) is 0 Å². The average molecular weight is 223 g/mol. The Morgan fingerprint density at radius 2 is 2.13 bits per heavy atom. The van der Waals surface area contributed by atoms with E-state index in [-0.39, 0.29) is 5.78 Å². The Morgan fingerprint density at radius 3 is 2.53 bits per heavy atom. The lowest BCUT2D eigenvalue weighted by Gasteiger charge is -2.26. The zero-order valence-electron chi connectivity index (χ0n) is 8.78. The van der Waals surface area contributed by atoms with E-state index in [4.69, 9.17) is 0 Å². The Morgan fingerprint density at radius 1 is 1.47 bits per heavy atom. The van der Waals surface area contributed by atoms with E-state index >= 15 is 0 Å². The van der Waals surface area contributed by atoms with Gasteiger partial charge in [-0.2, -0.15) is 13.2 Å². The van der Waals surface area contributed by atoms with Crippen molar-refractivity contribution in [3.8, 4) is 0 Å². The molecule has 0 bridgehead atoms. The number of rotatable bonds is 4. The molecule has 88 valence electrons. The quantitative estimate of drug-likeness (QED) is 0.793. The third kappa shape index (κ3) is 3.19. The molecule has 0 amide bonds. The highest BCUT2D eigenvalue weighted by Crippen LogP contribution is 2.29. The van der Waals surface area contributed by atoms with Crippen LogP contribution in [-0.2, 0) is 4.79 Å². The highest BCUT2D eigenvalue weighted by atomic mass is 19.4. The van der Waals surface area contributed by atoms with Crippen molar-refractivity contribution in [2.45, 2.75) is 50.7 Å². The highest BCUT2D eigenvalue weighted by molar-refractivity contribution is 5.88. The largest absolute Gasteiger partial charge is 0.389 e. The van der Waals surface area contributed by atoms with Gasteiger partial charge < -0.3 is 5.32 Å². The fourth-order valence-electron chi connectivity index (χ4n) is 2.04. The average Bonchev–Trinajstić information content (AvgIpc) is 2.62. The molecule has 1 unspecified atom stereocenters. The third-order valence-corrected chi connectivity index (χ3v) is 3.02. The van der Waals surface area contributed by atoms with Crippen molar-refractivity contribution >= 4 is 5.78 Å². The molecule has 0 saturated carbocycles. The third-order valence-electron chi connectivity index (χ3n) is 3.02. The van der Waals surface area contributed by atoms with Crippen LogP contribution < -0.4 is 5.32 Å². The molecule has 1 saturated heterocycles. The molecule has 1 aliphatic heterocycles. The van der Waals surface area contributed by atoms with E-state index in [1.54, 1.807) is 0 Å². The topological polar surface area (TPSA) is 29.1 Å². The van der Waals surface area contributed by atoms with Crippen LogP contribution in [0.4, 0.5) is 13.2 Å². The molecule has 0 aromatic rings. The van der Waals surface area contributed by atoms with Gasteiger partial charge in [-0.25, -0.2) is 0 Å². The molecule has 1 N–H and O–H groups in total. The number of hydrogen-bond donors (Lipinski definition) is 1. The molecule has 0 aromatic carbocycles. The standard InChI is InChI=1S/C10H16F3NO/c1-2-9(5-3-7-14-9)8(15)4-6-10(11,12)13/h14H,2-7H2,1H3. The predicted octanol–water partition coefficient (Wildman–Crippen LogP) is 2.43. The van der Waals surface area contributed by atoms with E-state index in [1.165, 1.54) is 0 Å². The fourth-order valence-corrected chi connectivity index (χ4v) is 2.04. The van der Waals surface area contributed by atoms with Gasteiger partial charge in [0.05, 0.1) is 12.0 Å². The Hall–Kier alpha value is -0.580. The first-order valence-corrected chi connectivity index (χ1v) is 5.25. The van der Waals surface area contributed by atoms with Crippen molar-refractivity contribution in [1.29, 1.82) is 0 Å². The van der Waals surface area contributed by atoms with Gasteiger partial charge >= 0.3 is 6.18 Å². The number of alkyl halides is 3. The van der Waals surface area contributed by atoms with Gasteiger partial charge in [0.1, 0.15) is 0 Å². The number of ketones is 1. The summed E-state index contributed by atoms with van der Waals surface area (Å²) >= 11 is 0. The summed E-state index contributed by atoms with van der Waals surface area (Å²) in [7, 11) is 0. The van der Waals surface area contributed by atoms with Crippen molar-refractivity contribution in [3.05, 3.63) is 0 Å². The summed E-state index contributed by atoms with van der Waals surface area (Å²) in [6.07, 6.45) is -3.53. The summed E-state index contributed by atoms with van der Waals surface area (Å²) in [5.41, 5.74) is -0.675. The van der Waals surface area contributed by atoms with E-state index in [1.807, 2.05) is 6.92 Å². The van der Waals surface area contributed by atoms with Gasteiger partial charge in [-0.05, 0) is 25.8 Å². The Balaban J connectivity index is 2.51. The number of hydrogen-bond acceptors (Lipinski definition) is 2. The molecule has 1 aliphatic rings. The molecule has 1 fully saturated rings. The number of carbonyl (C=O) groups is 1. The molecule has 1 rings (SSSR count). The monoisotopic (exact) mass is 223 g/mol. The second-order valence-corrected chi connectivity index (χ2v) is 4.00. The highest BCUT2D eigenvalue weighted by Gasteiger charge is 2.40. The zero-order valence-corrected chi connectivity index (χ0v) is 8.78. The van der Waals surface area contributed by atoms with Crippen LogP contribution in [0.25, 0.3) is 0 Å². The van der Waals surface area contributed by atoms with Gasteiger partial charge in [-0.1, -0.05) is 6.92 Å². The van der Waals surface area contributed by atoms with E-state index in [9.17, 15) is 18.0 Å². The van der Waals surface area contributed by atoms with Gasteiger partial charge in [0.2, 0.25) is 0 Å². The minimum atomic E-state index is -4.23. The van der Waals surface area contributed by atoms with Gasteiger partial charge in [0, 0.05) is 6.42 Å². The minimum absolute atomic E-state index is 0.292. The van der Waals surface area contributed by atoms with Gasteiger partial charge in [-0.3, -0.25) is 4.79 Å². The first kappa shape index (κ1) is 12.5. The predicted molar refractivity (Wildman–Crippen MR) is 50.6 cm³/mol. The van der Waals surface area contributed by atoms with Gasteiger partial charge in [-0.15, -0.1) is 0 Å². The normalized spacial score (nSPS) is 26.9. The zero-order chi connectivity index (χ0) is 11.5. The number of nitrogens with one attached hydrogen (secondary N) is 1.